The Morgan fingerprint density at radius 3 is 2.29 bits per heavy atom. The van der Waals surface area contributed by atoms with Gasteiger partial charge in [-0.15, -0.1) is 0 Å². The molecular formula is C19H23NO3S. The van der Waals surface area contributed by atoms with Crippen LogP contribution >= 0.6 is 0 Å². The lowest BCUT2D eigenvalue weighted by Gasteiger charge is -2.17. The van der Waals surface area contributed by atoms with Crippen LogP contribution in [0.5, 0.6) is 0 Å². The van der Waals surface area contributed by atoms with E-state index in [9.17, 15) is 13.2 Å². The summed E-state index contributed by atoms with van der Waals surface area (Å²) in [6.45, 7) is 6.01. The van der Waals surface area contributed by atoms with Crippen LogP contribution in [0.4, 0.5) is 0 Å². The molecular weight excluding hydrogens is 322 g/mol. The maximum absolute atomic E-state index is 12.4. The molecule has 0 aliphatic heterocycles. The number of sulfone groups is 1. The molecule has 0 radical (unpaired) electrons. The summed E-state index contributed by atoms with van der Waals surface area (Å²) in [5.74, 6) is -0.192. The third-order valence-corrected chi connectivity index (χ3v) is 4.75. The fourth-order valence-corrected chi connectivity index (χ4v) is 3.44. The van der Waals surface area contributed by atoms with Gasteiger partial charge in [0.25, 0.3) is 5.91 Å². The molecule has 0 aliphatic rings. The van der Waals surface area contributed by atoms with Gasteiger partial charge in [-0.05, 0) is 49.6 Å². The first kappa shape index (κ1) is 18.2. The zero-order chi connectivity index (χ0) is 17.9. The molecule has 5 heteroatoms. The molecule has 2 rings (SSSR count). The number of aryl methyl sites for hydroxylation is 2. The van der Waals surface area contributed by atoms with E-state index in [1.165, 1.54) is 6.26 Å². The van der Waals surface area contributed by atoms with Gasteiger partial charge in [0.05, 0.1) is 11.8 Å². The Hall–Kier alpha value is -2.14. The predicted molar refractivity (Wildman–Crippen MR) is 96.8 cm³/mol. The third kappa shape index (κ3) is 4.93. The molecule has 4 nitrogen and oxygen atoms in total. The fraction of sp³-hybridized carbons (Fsp3) is 0.316. The Balaban J connectivity index is 2.10. The highest BCUT2D eigenvalue weighted by Crippen LogP contribution is 2.19. The van der Waals surface area contributed by atoms with Gasteiger partial charge in [0.15, 0.2) is 9.84 Å². The summed E-state index contributed by atoms with van der Waals surface area (Å²) in [7, 11) is -3.07. The number of rotatable bonds is 5. The molecule has 128 valence electrons. The SMILES string of the molecule is Cc1ccc(C)c(C(C)NC(=O)c2ccc(CS(C)(=O)=O)cc2)c1. The molecule has 0 saturated carbocycles. The van der Waals surface area contributed by atoms with E-state index in [-0.39, 0.29) is 17.7 Å². The fourth-order valence-electron chi connectivity index (χ4n) is 2.64. The van der Waals surface area contributed by atoms with Crippen molar-refractivity contribution in [2.24, 2.45) is 0 Å². The van der Waals surface area contributed by atoms with Crippen LogP contribution in [-0.4, -0.2) is 20.6 Å². The quantitative estimate of drug-likeness (QED) is 0.904. The first-order valence-electron chi connectivity index (χ1n) is 7.80. The molecule has 2 aromatic carbocycles. The second-order valence-corrected chi connectivity index (χ2v) is 8.46. The predicted octanol–water partition coefficient (Wildman–Crippen LogP) is 3.34. The number of carbonyl (C=O) groups is 1. The molecule has 1 atom stereocenters. The van der Waals surface area contributed by atoms with Crippen LogP contribution in [0, 0.1) is 13.8 Å². The second kappa shape index (κ2) is 7.18. The van der Waals surface area contributed by atoms with E-state index in [1.807, 2.05) is 32.9 Å². The molecule has 0 fully saturated rings. The zero-order valence-corrected chi connectivity index (χ0v) is 15.3. The largest absolute Gasteiger partial charge is 0.346 e. The lowest BCUT2D eigenvalue weighted by atomic mass is 9.99. The van der Waals surface area contributed by atoms with Gasteiger partial charge in [-0.3, -0.25) is 4.79 Å². The normalized spacial score (nSPS) is 12.7. The van der Waals surface area contributed by atoms with Gasteiger partial charge < -0.3 is 5.32 Å². The molecule has 0 spiro atoms. The van der Waals surface area contributed by atoms with Crippen LogP contribution in [0.3, 0.4) is 0 Å². The van der Waals surface area contributed by atoms with E-state index in [0.717, 1.165) is 16.7 Å². The molecule has 2 aromatic rings. The van der Waals surface area contributed by atoms with Gasteiger partial charge in [-0.25, -0.2) is 8.42 Å². The highest BCUT2D eigenvalue weighted by atomic mass is 32.2. The summed E-state index contributed by atoms with van der Waals surface area (Å²) in [5, 5.41) is 2.99. The number of nitrogens with one attached hydrogen (secondary N) is 1. The molecule has 1 unspecified atom stereocenters. The highest BCUT2D eigenvalue weighted by molar-refractivity contribution is 7.89. The van der Waals surface area contributed by atoms with Crippen molar-refractivity contribution in [1.82, 2.24) is 5.32 Å². The summed E-state index contributed by atoms with van der Waals surface area (Å²) >= 11 is 0. The first-order valence-corrected chi connectivity index (χ1v) is 9.86. The minimum absolute atomic E-state index is 0.0201. The van der Waals surface area contributed by atoms with E-state index in [0.29, 0.717) is 11.1 Å². The van der Waals surface area contributed by atoms with E-state index < -0.39 is 9.84 Å². The molecule has 0 heterocycles. The molecule has 0 bridgehead atoms. The molecule has 0 aliphatic carbocycles. The Labute approximate surface area is 143 Å². The molecule has 1 amide bonds. The Bertz CT molecular complexity index is 839. The van der Waals surface area contributed by atoms with Crippen molar-refractivity contribution in [3.63, 3.8) is 0 Å². The van der Waals surface area contributed by atoms with Crippen LogP contribution in [0.15, 0.2) is 42.5 Å². The Morgan fingerprint density at radius 2 is 1.71 bits per heavy atom. The number of hydrogen-bond donors (Lipinski definition) is 1. The minimum atomic E-state index is -3.07. The molecule has 1 N–H and O–H groups in total. The third-order valence-electron chi connectivity index (χ3n) is 3.89. The van der Waals surface area contributed by atoms with Crippen molar-refractivity contribution in [2.75, 3.05) is 6.26 Å². The summed E-state index contributed by atoms with van der Waals surface area (Å²) in [5.41, 5.74) is 4.58. The van der Waals surface area contributed by atoms with Crippen LogP contribution in [0.25, 0.3) is 0 Å². The average Bonchev–Trinajstić information content (AvgIpc) is 2.48. The van der Waals surface area contributed by atoms with Gasteiger partial charge in [0, 0.05) is 11.8 Å². The standard InChI is InChI=1S/C19H23NO3S/c1-13-5-6-14(2)18(11-13)15(3)20-19(21)17-9-7-16(8-10-17)12-24(4,22)23/h5-11,15H,12H2,1-4H3,(H,20,21). The molecule has 0 aromatic heterocycles. The van der Waals surface area contributed by atoms with Crippen molar-refractivity contribution in [3.05, 3.63) is 70.3 Å². The van der Waals surface area contributed by atoms with Gasteiger partial charge in [0.1, 0.15) is 0 Å². The Kier molecular flexibility index (Phi) is 5.44. The van der Waals surface area contributed by atoms with Gasteiger partial charge in [-0.1, -0.05) is 35.9 Å². The zero-order valence-electron chi connectivity index (χ0n) is 14.5. The second-order valence-electron chi connectivity index (χ2n) is 6.32. The van der Waals surface area contributed by atoms with Crippen molar-refractivity contribution in [1.29, 1.82) is 0 Å². The lowest BCUT2D eigenvalue weighted by molar-refractivity contribution is 0.0940. The summed E-state index contributed by atoms with van der Waals surface area (Å²) in [6, 6.07) is 12.7. The first-order chi connectivity index (χ1) is 11.2. The number of carbonyl (C=O) groups excluding carboxylic acids is 1. The lowest BCUT2D eigenvalue weighted by Crippen LogP contribution is -2.27. The summed E-state index contributed by atoms with van der Waals surface area (Å²) < 4.78 is 22.6. The monoisotopic (exact) mass is 345 g/mol. The minimum Gasteiger partial charge on any atom is -0.346 e. The topological polar surface area (TPSA) is 63.2 Å². The summed E-state index contributed by atoms with van der Waals surface area (Å²) in [4.78, 5) is 12.4. The van der Waals surface area contributed by atoms with Gasteiger partial charge >= 0.3 is 0 Å². The molecule has 0 saturated heterocycles. The number of amides is 1. The van der Waals surface area contributed by atoms with Gasteiger partial charge in [-0.2, -0.15) is 0 Å². The maximum atomic E-state index is 12.4. The van der Waals surface area contributed by atoms with E-state index >= 15 is 0 Å². The van der Waals surface area contributed by atoms with Crippen molar-refractivity contribution in [3.8, 4) is 0 Å². The van der Waals surface area contributed by atoms with Crippen LogP contribution in [-0.2, 0) is 15.6 Å². The van der Waals surface area contributed by atoms with Crippen molar-refractivity contribution in [2.45, 2.75) is 32.6 Å². The van der Waals surface area contributed by atoms with Crippen molar-refractivity contribution < 1.29 is 13.2 Å². The van der Waals surface area contributed by atoms with Gasteiger partial charge in [0.2, 0.25) is 0 Å². The molecule has 24 heavy (non-hydrogen) atoms. The Morgan fingerprint density at radius 1 is 1.08 bits per heavy atom. The van der Waals surface area contributed by atoms with Crippen LogP contribution in [0.2, 0.25) is 0 Å². The van der Waals surface area contributed by atoms with E-state index in [1.54, 1.807) is 24.3 Å². The van der Waals surface area contributed by atoms with E-state index in [4.69, 9.17) is 0 Å². The van der Waals surface area contributed by atoms with Crippen LogP contribution < -0.4 is 5.32 Å². The van der Waals surface area contributed by atoms with E-state index in [2.05, 4.69) is 11.4 Å². The smallest absolute Gasteiger partial charge is 0.251 e. The van der Waals surface area contributed by atoms with Crippen LogP contribution in [0.1, 0.15) is 45.6 Å². The number of benzene rings is 2. The maximum Gasteiger partial charge on any atom is 0.251 e. The number of hydrogen-bond acceptors (Lipinski definition) is 3. The van der Waals surface area contributed by atoms with Crippen molar-refractivity contribution >= 4 is 15.7 Å². The average molecular weight is 345 g/mol. The highest BCUT2D eigenvalue weighted by Gasteiger charge is 2.14. The summed E-state index contributed by atoms with van der Waals surface area (Å²) in [6.07, 6.45) is 1.19.